The lowest BCUT2D eigenvalue weighted by atomic mass is 9.74. The topological polar surface area (TPSA) is 38.0 Å². The molecule has 17 heavy (non-hydrogen) atoms. The molecule has 0 bridgehead atoms. The second-order valence-corrected chi connectivity index (χ2v) is 6.40. The standard InChI is InChI=1S/C14H24N2S/c1-12-5-8-17-13(12)9-16-11-14(10-15)6-3-2-4-7-14/h5,8,16H,2-4,6-7,9-11,15H2,1H3. The molecule has 1 aliphatic rings. The minimum absolute atomic E-state index is 0.378. The van der Waals surface area contributed by atoms with Gasteiger partial charge < -0.3 is 11.1 Å². The highest BCUT2D eigenvalue weighted by Gasteiger charge is 2.29. The Morgan fingerprint density at radius 2 is 2.12 bits per heavy atom. The molecule has 1 aromatic rings. The van der Waals surface area contributed by atoms with Crippen molar-refractivity contribution in [3.63, 3.8) is 0 Å². The number of hydrogen-bond acceptors (Lipinski definition) is 3. The molecule has 0 atom stereocenters. The zero-order chi connectivity index (χ0) is 12.1. The number of hydrogen-bond donors (Lipinski definition) is 2. The van der Waals surface area contributed by atoms with Gasteiger partial charge in [-0.1, -0.05) is 19.3 Å². The Balaban J connectivity index is 1.82. The minimum Gasteiger partial charge on any atom is -0.330 e. The fourth-order valence-corrected chi connectivity index (χ4v) is 3.66. The number of thiophene rings is 1. The second-order valence-electron chi connectivity index (χ2n) is 5.40. The Morgan fingerprint density at radius 1 is 1.35 bits per heavy atom. The third kappa shape index (κ3) is 3.30. The van der Waals surface area contributed by atoms with Crippen molar-refractivity contribution in [1.29, 1.82) is 0 Å². The van der Waals surface area contributed by atoms with E-state index in [1.54, 1.807) is 0 Å². The SMILES string of the molecule is Cc1ccsc1CNCC1(CN)CCCCC1. The summed E-state index contributed by atoms with van der Waals surface area (Å²) in [7, 11) is 0. The van der Waals surface area contributed by atoms with Crippen LogP contribution in [0.25, 0.3) is 0 Å². The molecule has 3 N–H and O–H groups in total. The van der Waals surface area contributed by atoms with Crippen molar-refractivity contribution in [2.24, 2.45) is 11.1 Å². The van der Waals surface area contributed by atoms with Gasteiger partial charge in [-0.05, 0) is 48.7 Å². The van der Waals surface area contributed by atoms with E-state index in [4.69, 9.17) is 5.73 Å². The van der Waals surface area contributed by atoms with Crippen LogP contribution in [0.4, 0.5) is 0 Å². The van der Waals surface area contributed by atoms with Gasteiger partial charge in [0.1, 0.15) is 0 Å². The van der Waals surface area contributed by atoms with Crippen molar-refractivity contribution in [2.75, 3.05) is 13.1 Å². The lowest BCUT2D eigenvalue weighted by Gasteiger charge is -2.36. The molecule has 2 rings (SSSR count). The van der Waals surface area contributed by atoms with Gasteiger partial charge >= 0.3 is 0 Å². The molecular formula is C14H24N2S. The van der Waals surface area contributed by atoms with Crippen LogP contribution in [0.15, 0.2) is 11.4 Å². The van der Waals surface area contributed by atoms with Gasteiger partial charge in [-0.2, -0.15) is 0 Å². The average molecular weight is 252 g/mol. The summed E-state index contributed by atoms with van der Waals surface area (Å²) in [5, 5.41) is 5.79. The molecule has 0 saturated heterocycles. The second kappa shape index (κ2) is 5.98. The lowest BCUT2D eigenvalue weighted by Crippen LogP contribution is -2.41. The first-order valence-corrected chi connectivity index (χ1v) is 7.57. The van der Waals surface area contributed by atoms with Crippen molar-refractivity contribution >= 4 is 11.3 Å². The number of nitrogens with one attached hydrogen (secondary N) is 1. The maximum absolute atomic E-state index is 5.99. The van der Waals surface area contributed by atoms with E-state index in [1.165, 1.54) is 42.5 Å². The van der Waals surface area contributed by atoms with Gasteiger partial charge in [0.05, 0.1) is 0 Å². The highest BCUT2D eigenvalue weighted by molar-refractivity contribution is 7.10. The Bertz CT molecular complexity index is 340. The molecular weight excluding hydrogens is 228 g/mol. The fraction of sp³-hybridized carbons (Fsp3) is 0.714. The maximum Gasteiger partial charge on any atom is 0.0302 e. The molecule has 0 aromatic carbocycles. The van der Waals surface area contributed by atoms with Crippen molar-refractivity contribution in [1.82, 2.24) is 5.32 Å². The van der Waals surface area contributed by atoms with E-state index in [0.29, 0.717) is 5.41 Å². The van der Waals surface area contributed by atoms with Crippen LogP contribution in [0.1, 0.15) is 42.5 Å². The van der Waals surface area contributed by atoms with E-state index in [0.717, 1.165) is 19.6 Å². The fourth-order valence-electron chi connectivity index (χ4n) is 2.78. The van der Waals surface area contributed by atoms with Crippen LogP contribution in [-0.4, -0.2) is 13.1 Å². The highest BCUT2D eigenvalue weighted by atomic mass is 32.1. The summed E-state index contributed by atoms with van der Waals surface area (Å²) >= 11 is 1.85. The molecule has 0 aliphatic heterocycles. The minimum atomic E-state index is 0.378. The third-order valence-electron chi connectivity index (χ3n) is 4.10. The number of aryl methyl sites for hydroxylation is 1. The van der Waals surface area contributed by atoms with Crippen molar-refractivity contribution in [2.45, 2.75) is 45.6 Å². The van der Waals surface area contributed by atoms with Gasteiger partial charge in [-0.15, -0.1) is 11.3 Å². The first-order chi connectivity index (χ1) is 8.26. The summed E-state index contributed by atoms with van der Waals surface area (Å²) in [6, 6.07) is 2.20. The molecule has 0 radical (unpaired) electrons. The molecule has 1 fully saturated rings. The van der Waals surface area contributed by atoms with E-state index >= 15 is 0 Å². The van der Waals surface area contributed by atoms with Gasteiger partial charge in [-0.3, -0.25) is 0 Å². The Hall–Kier alpha value is -0.380. The predicted octanol–water partition coefficient (Wildman–Crippen LogP) is 3.06. The van der Waals surface area contributed by atoms with E-state index in [9.17, 15) is 0 Å². The van der Waals surface area contributed by atoms with Crippen molar-refractivity contribution in [3.05, 3.63) is 21.9 Å². The van der Waals surface area contributed by atoms with Gasteiger partial charge in [0.15, 0.2) is 0 Å². The zero-order valence-corrected chi connectivity index (χ0v) is 11.6. The largest absolute Gasteiger partial charge is 0.330 e. The van der Waals surface area contributed by atoms with Gasteiger partial charge in [-0.25, -0.2) is 0 Å². The molecule has 1 saturated carbocycles. The van der Waals surface area contributed by atoms with Crippen molar-refractivity contribution in [3.8, 4) is 0 Å². The summed E-state index contributed by atoms with van der Waals surface area (Å²) in [6.45, 7) is 5.11. The van der Waals surface area contributed by atoms with Crippen LogP contribution < -0.4 is 11.1 Å². The molecule has 1 aromatic heterocycles. The summed E-state index contributed by atoms with van der Waals surface area (Å²) in [4.78, 5) is 1.47. The summed E-state index contributed by atoms with van der Waals surface area (Å²) in [5.74, 6) is 0. The molecule has 0 amide bonds. The number of nitrogens with two attached hydrogens (primary N) is 1. The van der Waals surface area contributed by atoms with Crippen LogP contribution in [0.2, 0.25) is 0 Å². The molecule has 96 valence electrons. The van der Waals surface area contributed by atoms with Crippen LogP contribution in [0.5, 0.6) is 0 Å². The predicted molar refractivity (Wildman–Crippen MR) is 75.3 cm³/mol. The van der Waals surface area contributed by atoms with Crippen LogP contribution >= 0.6 is 11.3 Å². The normalized spacial score (nSPS) is 19.4. The van der Waals surface area contributed by atoms with Crippen LogP contribution in [-0.2, 0) is 6.54 Å². The smallest absolute Gasteiger partial charge is 0.0302 e. The van der Waals surface area contributed by atoms with Crippen LogP contribution in [0, 0.1) is 12.3 Å². The Kier molecular flexibility index (Phi) is 4.60. The molecule has 3 heteroatoms. The highest BCUT2D eigenvalue weighted by Crippen LogP contribution is 2.34. The monoisotopic (exact) mass is 252 g/mol. The molecule has 0 spiro atoms. The molecule has 1 heterocycles. The number of rotatable bonds is 5. The van der Waals surface area contributed by atoms with E-state index < -0.39 is 0 Å². The van der Waals surface area contributed by atoms with Gasteiger partial charge in [0.25, 0.3) is 0 Å². The maximum atomic E-state index is 5.99. The molecule has 0 unspecified atom stereocenters. The average Bonchev–Trinajstić information content (AvgIpc) is 2.76. The Morgan fingerprint density at radius 3 is 2.71 bits per heavy atom. The summed E-state index contributed by atoms with van der Waals surface area (Å²) < 4.78 is 0. The van der Waals surface area contributed by atoms with Gasteiger partial charge in [0.2, 0.25) is 0 Å². The van der Waals surface area contributed by atoms with E-state index in [2.05, 4.69) is 23.7 Å². The van der Waals surface area contributed by atoms with E-state index in [-0.39, 0.29) is 0 Å². The van der Waals surface area contributed by atoms with Crippen LogP contribution in [0.3, 0.4) is 0 Å². The third-order valence-corrected chi connectivity index (χ3v) is 5.12. The summed E-state index contributed by atoms with van der Waals surface area (Å²) in [5.41, 5.74) is 7.78. The first kappa shape index (κ1) is 13.1. The van der Waals surface area contributed by atoms with Gasteiger partial charge in [0, 0.05) is 18.0 Å². The summed E-state index contributed by atoms with van der Waals surface area (Å²) in [6.07, 6.45) is 6.72. The van der Waals surface area contributed by atoms with E-state index in [1.807, 2.05) is 11.3 Å². The van der Waals surface area contributed by atoms with Crippen molar-refractivity contribution < 1.29 is 0 Å². The zero-order valence-electron chi connectivity index (χ0n) is 10.8. The Labute approximate surface area is 109 Å². The quantitative estimate of drug-likeness (QED) is 0.845. The molecule has 1 aliphatic carbocycles. The molecule has 2 nitrogen and oxygen atoms in total. The lowest BCUT2D eigenvalue weighted by molar-refractivity contribution is 0.191. The first-order valence-electron chi connectivity index (χ1n) is 6.69.